The first-order valence-corrected chi connectivity index (χ1v) is 6.82. The van der Waals surface area contributed by atoms with Crippen molar-refractivity contribution in [2.24, 2.45) is 0 Å². The number of hydrogen-bond donors (Lipinski definition) is 0. The Morgan fingerprint density at radius 3 is 2.56 bits per heavy atom. The van der Waals surface area contributed by atoms with E-state index in [4.69, 9.17) is 16.3 Å². The molecule has 0 aromatic heterocycles. The summed E-state index contributed by atoms with van der Waals surface area (Å²) in [5.41, 5.74) is 1.08. The molecule has 1 heterocycles. The monoisotopic (exact) mass is 268 g/mol. The van der Waals surface area contributed by atoms with E-state index >= 15 is 0 Å². The number of rotatable bonds is 4. The van der Waals surface area contributed by atoms with Crippen molar-refractivity contribution in [3.63, 3.8) is 0 Å². The number of alkyl halides is 1. The minimum atomic E-state index is -0.00967. The second kappa shape index (κ2) is 6.41. The van der Waals surface area contributed by atoms with E-state index < -0.39 is 0 Å². The highest BCUT2D eigenvalue weighted by molar-refractivity contribution is 6.21. The SMILES string of the molecule is COc1ccccc1C(Cl)CN1CCN(C)CC1. The van der Waals surface area contributed by atoms with Crippen LogP contribution in [0, 0.1) is 0 Å². The van der Waals surface area contributed by atoms with E-state index in [-0.39, 0.29) is 5.38 Å². The molecule has 0 radical (unpaired) electrons. The fourth-order valence-electron chi connectivity index (χ4n) is 2.28. The van der Waals surface area contributed by atoms with Crippen LogP contribution in [0.2, 0.25) is 0 Å². The third kappa shape index (κ3) is 3.37. The van der Waals surface area contributed by atoms with Gasteiger partial charge < -0.3 is 9.64 Å². The molecule has 2 rings (SSSR count). The first kappa shape index (κ1) is 13.7. The molecule has 100 valence electrons. The van der Waals surface area contributed by atoms with Crippen LogP contribution < -0.4 is 4.74 Å². The molecule has 0 spiro atoms. The van der Waals surface area contributed by atoms with Crippen molar-refractivity contribution in [1.82, 2.24) is 9.80 Å². The highest BCUT2D eigenvalue weighted by atomic mass is 35.5. The summed E-state index contributed by atoms with van der Waals surface area (Å²) >= 11 is 6.52. The standard InChI is InChI=1S/C14H21ClN2O/c1-16-7-9-17(10-8-16)11-13(15)12-5-3-4-6-14(12)18-2/h3-6,13H,7-11H2,1-2H3. The first-order valence-electron chi connectivity index (χ1n) is 6.38. The van der Waals surface area contributed by atoms with E-state index in [1.807, 2.05) is 24.3 Å². The normalized spacial score (nSPS) is 19.7. The van der Waals surface area contributed by atoms with Crippen molar-refractivity contribution in [2.45, 2.75) is 5.38 Å². The average Bonchev–Trinajstić information content (AvgIpc) is 2.41. The summed E-state index contributed by atoms with van der Waals surface area (Å²) in [6.07, 6.45) is 0. The van der Waals surface area contributed by atoms with Gasteiger partial charge in [0.1, 0.15) is 5.75 Å². The van der Waals surface area contributed by atoms with Crippen LogP contribution in [0.5, 0.6) is 5.75 Å². The zero-order valence-corrected chi connectivity index (χ0v) is 11.9. The number of piperazine rings is 1. The number of benzene rings is 1. The Morgan fingerprint density at radius 1 is 1.22 bits per heavy atom. The molecule has 0 bridgehead atoms. The topological polar surface area (TPSA) is 15.7 Å². The van der Waals surface area contributed by atoms with Gasteiger partial charge in [0.15, 0.2) is 0 Å². The molecule has 0 amide bonds. The molecule has 1 saturated heterocycles. The smallest absolute Gasteiger partial charge is 0.123 e. The van der Waals surface area contributed by atoms with E-state index in [1.54, 1.807) is 7.11 Å². The van der Waals surface area contributed by atoms with E-state index in [2.05, 4.69) is 16.8 Å². The quantitative estimate of drug-likeness (QED) is 0.779. The zero-order valence-electron chi connectivity index (χ0n) is 11.1. The van der Waals surface area contributed by atoms with E-state index in [0.717, 1.165) is 44.0 Å². The van der Waals surface area contributed by atoms with Crippen LogP contribution in [-0.4, -0.2) is 56.7 Å². The van der Waals surface area contributed by atoms with Gasteiger partial charge in [-0.1, -0.05) is 18.2 Å². The third-order valence-electron chi connectivity index (χ3n) is 3.49. The minimum Gasteiger partial charge on any atom is -0.496 e. The fraction of sp³-hybridized carbons (Fsp3) is 0.571. The number of nitrogens with zero attached hydrogens (tertiary/aromatic N) is 2. The first-order chi connectivity index (χ1) is 8.70. The molecular formula is C14H21ClN2O. The van der Waals surface area contributed by atoms with Crippen LogP contribution >= 0.6 is 11.6 Å². The maximum atomic E-state index is 6.52. The maximum Gasteiger partial charge on any atom is 0.123 e. The second-order valence-electron chi connectivity index (χ2n) is 4.81. The lowest BCUT2D eigenvalue weighted by atomic mass is 10.1. The van der Waals surface area contributed by atoms with Crippen LogP contribution in [-0.2, 0) is 0 Å². The predicted octanol–water partition coefficient (Wildman–Crippen LogP) is 2.22. The second-order valence-corrected chi connectivity index (χ2v) is 5.34. The number of methoxy groups -OCH3 is 1. The number of hydrogen-bond acceptors (Lipinski definition) is 3. The van der Waals surface area contributed by atoms with E-state index in [9.17, 15) is 0 Å². The zero-order chi connectivity index (χ0) is 13.0. The highest BCUT2D eigenvalue weighted by Gasteiger charge is 2.19. The van der Waals surface area contributed by atoms with Crippen molar-refractivity contribution in [3.05, 3.63) is 29.8 Å². The molecule has 0 saturated carbocycles. The molecule has 1 aliphatic heterocycles. The maximum absolute atomic E-state index is 6.52. The van der Waals surface area contributed by atoms with Crippen molar-refractivity contribution >= 4 is 11.6 Å². The molecule has 1 unspecified atom stereocenters. The Labute approximate surface area is 114 Å². The molecule has 1 aliphatic rings. The van der Waals surface area contributed by atoms with Crippen molar-refractivity contribution < 1.29 is 4.74 Å². The Kier molecular flexibility index (Phi) is 4.87. The van der Waals surface area contributed by atoms with Gasteiger partial charge in [0.25, 0.3) is 0 Å². The van der Waals surface area contributed by atoms with Gasteiger partial charge in [0, 0.05) is 38.3 Å². The lowest BCUT2D eigenvalue weighted by Crippen LogP contribution is -2.45. The number of para-hydroxylation sites is 1. The van der Waals surface area contributed by atoms with E-state index in [1.165, 1.54) is 0 Å². The van der Waals surface area contributed by atoms with Crippen LogP contribution in [0.1, 0.15) is 10.9 Å². The summed E-state index contributed by atoms with van der Waals surface area (Å²) in [6.45, 7) is 5.31. The number of ether oxygens (including phenoxy) is 1. The molecule has 0 N–H and O–H groups in total. The Balaban J connectivity index is 1.96. The average molecular weight is 269 g/mol. The minimum absolute atomic E-state index is 0.00967. The largest absolute Gasteiger partial charge is 0.496 e. The summed E-state index contributed by atoms with van der Waals surface area (Å²) in [6, 6.07) is 8.00. The Morgan fingerprint density at radius 2 is 1.89 bits per heavy atom. The van der Waals surface area contributed by atoms with Gasteiger partial charge in [-0.3, -0.25) is 4.90 Å². The summed E-state index contributed by atoms with van der Waals surface area (Å²) in [5.74, 6) is 0.881. The lowest BCUT2D eigenvalue weighted by molar-refractivity contribution is 0.154. The molecular weight excluding hydrogens is 248 g/mol. The summed E-state index contributed by atoms with van der Waals surface area (Å²) in [5, 5.41) is -0.00967. The van der Waals surface area contributed by atoms with Gasteiger partial charge in [-0.15, -0.1) is 11.6 Å². The van der Waals surface area contributed by atoms with Crippen molar-refractivity contribution in [1.29, 1.82) is 0 Å². The van der Waals surface area contributed by atoms with Crippen LogP contribution in [0.15, 0.2) is 24.3 Å². The van der Waals surface area contributed by atoms with Crippen LogP contribution in [0.4, 0.5) is 0 Å². The van der Waals surface area contributed by atoms with E-state index in [0.29, 0.717) is 0 Å². The molecule has 0 aliphatic carbocycles. The molecule has 1 atom stereocenters. The van der Waals surface area contributed by atoms with Crippen LogP contribution in [0.3, 0.4) is 0 Å². The van der Waals surface area contributed by atoms with Gasteiger partial charge in [-0.2, -0.15) is 0 Å². The number of likely N-dealkylation sites (N-methyl/N-ethyl adjacent to an activating group) is 1. The van der Waals surface area contributed by atoms with Crippen LogP contribution in [0.25, 0.3) is 0 Å². The molecule has 3 nitrogen and oxygen atoms in total. The summed E-state index contributed by atoms with van der Waals surface area (Å²) in [7, 11) is 3.86. The number of halogens is 1. The molecule has 1 fully saturated rings. The Bertz CT molecular complexity index is 378. The molecule has 1 aromatic carbocycles. The van der Waals surface area contributed by atoms with Gasteiger partial charge in [0.2, 0.25) is 0 Å². The Hall–Kier alpha value is -0.770. The predicted molar refractivity (Wildman–Crippen MR) is 75.5 cm³/mol. The van der Waals surface area contributed by atoms with Gasteiger partial charge >= 0.3 is 0 Å². The summed E-state index contributed by atoms with van der Waals surface area (Å²) < 4.78 is 5.36. The van der Waals surface area contributed by atoms with Gasteiger partial charge in [-0.05, 0) is 13.1 Å². The van der Waals surface area contributed by atoms with Gasteiger partial charge in [0.05, 0.1) is 12.5 Å². The molecule has 1 aromatic rings. The lowest BCUT2D eigenvalue weighted by Gasteiger charge is -2.33. The highest BCUT2D eigenvalue weighted by Crippen LogP contribution is 2.30. The summed E-state index contributed by atoms with van der Waals surface area (Å²) in [4.78, 5) is 4.77. The molecule has 18 heavy (non-hydrogen) atoms. The van der Waals surface area contributed by atoms with Crippen molar-refractivity contribution in [3.8, 4) is 5.75 Å². The fourth-order valence-corrected chi connectivity index (χ4v) is 2.66. The third-order valence-corrected chi connectivity index (χ3v) is 3.86. The molecule has 4 heteroatoms. The van der Waals surface area contributed by atoms with Gasteiger partial charge in [-0.25, -0.2) is 0 Å². The van der Waals surface area contributed by atoms with Crippen molar-refractivity contribution in [2.75, 3.05) is 46.9 Å².